The van der Waals surface area contributed by atoms with Crippen molar-refractivity contribution < 1.29 is 0 Å². The fourth-order valence-corrected chi connectivity index (χ4v) is 1.80. The van der Waals surface area contributed by atoms with Crippen LogP contribution >= 0.6 is 0 Å². The van der Waals surface area contributed by atoms with Crippen LogP contribution in [-0.2, 0) is 0 Å². The first-order chi connectivity index (χ1) is 9.92. The topological polar surface area (TPSA) is 50.5 Å². The number of hydrogen-bond donors (Lipinski definition) is 0. The van der Waals surface area contributed by atoms with Crippen molar-refractivity contribution in [2.75, 3.05) is 0 Å². The quantitative estimate of drug-likeness (QED) is 0.648. The van der Waals surface area contributed by atoms with Gasteiger partial charge in [-0.25, -0.2) is 9.97 Å². The molecule has 0 saturated heterocycles. The highest BCUT2D eigenvalue weighted by atomic mass is 15.2. The average molecular weight is 260 g/mol. The molecule has 0 bridgehead atoms. The molecule has 0 aliphatic carbocycles. The summed E-state index contributed by atoms with van der Waals surface area (Å²) in [5, 5.41) is 8.18. The molecule has 4 heteroatoms. The second-order valence-corrected chi connectivity index (χ2v) is 4.16. The van der Waals surface area contributed by atoms with Crippen molar-refractivity contribution in [1.82, 2.24) is 9.97 Å². The summed E-state index contributed by atoms with van der Waals surface area (Å²) < 4.78 is 0. The standard InChI is InChI=1S/C16H12N4/c1-2-6-13(7-3-1)14-9-11-18-16(12-14)20-19-15-8-4-5-10-17-15/h1-12H. The minimum Gasteiger partial charge on any atom is -0.236 e. The van der Waals surface area contributed by atoms with E-state index in [-0.39, 0.29) is 0 Å². The number of nitrogens with zero attached hydrogens (tertiary/aromatic N) is 4. The van der Waals surface area contributed by atoms with Crippen LogP contribution in [-0.4, -0.2) is 9.97 Å². The first kappa shape index (κ1) is 12.2. The highest BCUT2D eigenvalue weighted by Crippen LogP contribution is 2.22. The Morgan fingerprint density at radius 2 is 1.35 bits per heavy atom. The number of aromatic nitrogens is 2. The third-order valence-electron chi connectivity index (χ3n) is 2.76. The highest BCUT2D eigenvalue weighted by molar-refractivity contribution is 5.65. The number of hydrogen-bond acceptors (Lipinski definition) is 4. The van der Waals surface area contributed by atoms with Gasteiger partial charge in [-0.2, -0.15) is 0 Å². The van der Waals surface area contributed by atoms with Gasteiger partial charge >= 0.3 is 0 Å². The van der Waals surface area contributed by atoms with Crippen molar-refractivity contribution in [3.8, 4) is 11.1 Å². The zero-order valence-corrected chi connectivity index (χ0v) is 10.7. The maximum absolute atomic E-state index is 4.19. The Hall–Kier alpha value is -2.88. The van der Waals surface area contributed by atoms with E-state index in [1.807, 2.05) is 42.5 Å². The predicted molar refractivity (Wildman–Crippen MR) is 78.1 cm³/mol. The van der Waals surface area contributed by atoms with Crippen LogP contribution in [0, 0.1) is 0 Å². The smallest absolute Gasteiger partial charge is 0.175 e. The predicted octanol–water partition coefficient (Wildman–Crippen LogP) is 4.56. The Kier molecular flexibility index (Phi) is 3.55. The van der Waals surface area contributed by atoms with Crippen molar-refractivity contribution in [3.63, 3.8) is 0 Å². The van der Waals surface area contributed by atoms with Gasteiger partial charge in [-0.15, -0.1) is 10.2 Å². The second kappa shape index (κ2) is 5.84. The lowest BCUT2D eigenvalue weighted by molar-refractivity contribution is 1.11. The van der Waals surface area contributed by atoms with Crippen LogP contribution in [0.3, 0.4) is 0 Å². The molecule has 0 aliphatic heterocycles. The van der Waals surface area contributed by atoms with E-state index in [1.165, 1.54) is 0 Å². The van der Waals surface area contributed by atoms with Crippen LogP contribution in [0.4, 0.5) is 11.6 Å². The van der Waals surface area contributed by atoms with Crippen molar-refractivity contribution in [2.24, 2.45) is 10.2 Å². The normalized spacial score (nSPS) is 10.8. The SMILES string of the molecule is c1ccc(-c2ccnc(N=Nc3ccccn3)c2)cc1. The number of azo groups is 1. The summed E-state index contributed by atoms with van der Waals surface area (Å²) >= 11 is 0. The molecule has 3 rings (SSSR count). The molecule has 1 aromatic carbocycles. The number of pyridine rings is 2. The lowest BCUT2D eigenvalue weighted by Gasteiger charge is -2.01. The highest BCUT2D eigenvalue weighted by Gasteiger charge is 1.99. The molecule has 96 valence electrons. The van der Waals surface area contributed by atoms with Crippen LogP contribution in [0.1, 0.15) is 0 Å². The Balaban J connectivity index is 1.87. The first-order valence-electron chi connectivity index (χ1n) is 6.26. The molecule has 2 heterocycles. The Morgan fingerprint density at radius 3 is 2.15 bits per heavy atom. The summed E-state index contributed by atoms with van der Waals surface area (Å²) in [5.41, 5.74) is 2.19. The molecule has 4 nitrogen and oxygen atoms in total. The van der Waals surface area contributed by atoms with Crippen molar-refractivity contribution >= 4 is 11.6 Å². The zero-order valence-electron chi connectivity index (χ0n) is 10.7. The Bertz CT molecular complexity index is 709. The van der Waals surface area contributed by atoms with Gasteiger partial charge in [0.05, 0.1) is 0 Å². The molecule has 3 aromatic rings. The zero-order chi connectivity index (χ0) is 13.6. The molecule has 0 radical (unpaired) electrons. The van der Waals surface area contributed by atoms with Crippen LogP contribution in [0.5, 0.6) is 0 Å². The van der Waals surface area contributed by atoms with Crippen LogP contribution < -0.4 is 0 Å². The van der Waals surface area contributed by atoms with Gasteiger partial charge in [0.1, 0.15) is 0 Å². The molecule has 0 atom stereocenters. The van der Waals surface area contributed by atoms with Crippen molar-refractivity contribution in [3.05, 3.63) is 73.1 Å². The summed E-state index contributed by atoms with van der Waals surface area (Å²) in [5.74, 6) is 1.14. The van der Waals surface area contributed by atoms with Crippen molar-refractivity contribution in [1.29, 1.82) is 0 Å². The minimum absolute atomic E-state index is 0.567. The molecule has 2 aromatic heterocycles. The number of benzene rings is 1. The van der Waals surface area contributed by atoms with Crippen LogP contribution in [0.15, 0.2) is 83.3 Å². The number of rotatable bonds is 3. The van der Waals surface area contributed by atoms with Gasteiger partial charge in [0.2, 0.25) is 0 Å². The molecular formula is C16H12N4. The molecule has 0 aliphatic rings. The van der Waals surface area contributed by atoms with E-state index >= 15 is 0 Å². The first-order valence-corrected chi connectivity index (χ1v) is 6.26. The van der Waals surface area contributed by atoms with E-state index in [9.17, 15) is 0 Å². The summed E-state index contributed by atoms with van der Waals surface area (Å²) in [6.45, 7) is 0. The van der Waals surface area contributed by atoms with E-state index in [1.54, 1.807) is 18.5 Å². The lowest BCUT2D eigenvalue weighted by atomic mass is 10.1. The van der Waals surface area contributed by atoms with E-state index in [0.29, 0.717) is 11.6 Å². The monoisotopic (exact) mass is 260 g/mol. The molecule has 0 saturated carbocycles. The summed E-state index contributed by atoms with van der Waals surface area (Å²) in [6, 6.07) is 19.5. The fraction of sp³-hybridized carbons (Fsp3) is 0. The molecule has 0 amide bonds. The summed E-state index contributed by atoms with van der Waals surface area (Å²) in [7, 11) is 0. The fourth-order valence-electron chi connectivity index (χ4n) is 1.80. The summed E-state index contributed by atoms with van der Waals surface area (Å²) in [4.78, 5) is 8.28. The molecule has 0 spiro atoms. The third kappa shape index (κ3) is 2.92. The van der Waals surface area contributed by atoms with Gasteiger partial charge in [0.15, 0.2) is 11.6 Å². The Labute approximate surface area is 116 Å². The molecule has 0 N–H and O–H groups in total. The van der Waals surface area contributed by atoms with Gasteiger partial charge in [-0.1, -0.05) is 36.4 Å². The Morgan fingerprint density at radius 1 is 0.600 bits per heavy atom. The van der Waals surface area contributed by atoms with E-state index in [4.69, 9.17) is 0 Å². The maximum Gasteiger partial charge on any atom is 0.175 e. The lowest BCUT2D eigenvalue weighted by Crippen LogP contribution is -1.79. The van der Waals surface area contributed by atoms with Crippen LogP contribution in [0.25, 0.3) is 11.1 Å². The second-order valence-electron chi connectivity index (χ2n) is 4.16. The van der Waals surface area contributed by atoms with Gasteiger partial charge < -0.3 is 0 Å². The van der Waals surface area contributed by atoms with Gasteiger partial charge in [0, 0.05) is 12.4 Å². The van der Waals surface area contributed by atoms with E-state index < -0.39 is 0 Å². The minimum atomic E-state index is 0.567. The molecule has 0 unspecified atom stereocenters. The average Bonchev–Trinajstić information content (AvgIpc) is 2.55. The van der Waals surface area contributed by atoms with E-state index in [0.717, 1.165) is 11.1 Å². The van der Waals surface area contributed by atoms with Gasteiger partial charge in [-0.05, 0) is 35.4 Å². The van der Waals surface area contributed by atoms with Crippen molar-refractivity contribution in [2.45, 2.75) is 0 Å². The maximum atomic E-state index is 4.19. The van der Waals surface area contributed by atoms with Gasteiger partial charge in [0.25, 0.3) is 0 Å². The molecule has 20 heavy (non-hydrogen) atoms. The summed E-state index contributed by atoms with van der Waals surface area (Å²) in [6.07, 6.45) is 3.41. The van der Waals surface area contributed by atoms with Crippen LogP contribution in [0.2, 0.25) is 0 Å². The third-order valence-corrected chi connectivity index (χ3v) is 2.76. The van der Waals surface area contributed by atoms with E-state index in [2.05, 4.69) is 32.3 Å². The molecular weight excluding hydrogens is 248 g/mol. The van der Waals surface area contributed by atoms with Gasteiger partial charge in [-0.3, -0.25) is 0 Å². The largest absolute Gasteiger partial charge is 0.236 e. The molecule has 0 fully saturated rings.